The fourth-order valence-corrected chi connectivity index (χ4v) is 3.09. The summed E-state index contributed by atoms with van der Waals surface area (Å²) in [6.45, 7) is 4.23. The fraction of sp³-hybridized carbons (Fsp3) is 0.471. The van der Waals surface area contributed by atoms with Crippen LogP contribution in [0.25, 0.3) is 0 Å². The molecule has 2 aromatic rings. The minimum atomic E-state index is 0.0127. The maximum Gasteiger partial charge on any atom is 0.255 e. The average Bonchev–Trinajstić information content (AvgIpc) is 2.92. The van der Waals surface area contributed by atoms with Gasteiger partial charge in [0.15, 0.2) is 0 Å². The molecule has 0 aliphatic carbocycles. The van der Waals surface area contributed by atoms with Crippen molar-refractivity contribution < 1.29 is 4.79 Å². The highest BCUT2D eigenvalue weighted by Crippen LogP contribution is 2.23. The lowest BCUT2D eigenvalue weighted by atomic mass is 10.1. The molecule has 0 radical (unpaired) electrons. The zero-order chi connectivity index (χ0) is 17.1. The van der Waals surface area contributed by atoms with Crippen LogP contribution in [0.1, 0.15) is 40.9 Å². The van der Waals surface area contributed by atoms with Crippen LogP contribution in [0.5, 0.6) is 0 Å². The molecule has 1 aliphatic heterocycles. The highest BCUT2D eigenvalue weighted by atomic mass is 35.5. The Balaban J connectivity index is 1.68. The van der Waals surface area contributed by atoms with Gasteiger partial charge in [0.1, 0.15) is 5.82 Å². The largest absolute Gasteiger partial charge is 0.365 e. The number of nitrogens with zero attached hydrogens (tertiary/aromatic N) is 4. The van der Waals surface area contributed by atoms with Crippen LogP contribution in [-0.4, -0.2) is 38.7 Å². The molecule has 24 heavy (non-hydrogen) atoms. The van der Waals surface area contributed by atoms with E-state index >= 15 is 0 Å². The van der Waals surface area contributed by atoms with E-state index in [0.717, 1.165) is 37.2 Å². The second-order valence-corrected chi connectivity index (χ2v) is 6.55. The molecule has 1 saturated heterocycles. The number of carbonyl (C=O) groups is 1. The number of carbonyl (C=O) groups excluding carboxylic acids is 1. The van der Waals surface area contributed by atoms with Crippen molar-refractivity contribution in [1.29, 1.82) is 0 Å². The number of likely N-dealkylation sites (tertiary alicyclic amines) is 1. The second kappa shape index (κ2) is 7.21. The topological polar surface area (TPSA) is 63.1 Å². The predicted molar refractivity (Wildman–Crippen MR) is 94.3 cm³/mol. The summed E-state index contributed by atoms with van der Waals surface area (Å²) in [5.74, 6) is 0.592. The van der Waals surface area contributed by atoms with Crippen molar-refractivity contribution in [3.05, 3.63) is 40.3 Å². The molecule has 0 atom stereocenters. The Morgan fingerprint density at radius 3 is 2.67 bits per heavy atom. The van der Waals surface area contributed by atoms with Crippen molar-refractivity contribution >= 4 is 23.3 Å². The van der Waals surface area contributed by atoms with E-state index < -0.39 is 0 Å². The van der Waals surface area contributed by atoms with Crippen LogP contribution in [0.3, 0.4) is 0 Å². The van der Waals surface area contributed by atoms with Crippen molar-refractivity contribution in [2.45, 2.75) is 32.7 Å². The van der Waals surface area contributed by atoms with E-state index in [-0.39, 0.29) is 5.91 Å². The molecule has 6 nitrogen and oxygen atoms in total. The van der Waals surface area contributed by atoms with Gasteiger partial charge in [0.2, 0.25) is 0 Å². The number of pyridine rings is 1. The van der Waals surface area contributed by atoms with Crippen molar-refractivity contribution in [3.8, 4) is 0 Å². The average molecular weight is 348 g/mol. The molecule has 0 bridgehead atoms. The molecule has 2 aromatic heterocycles. The predicted octanol–water partition coefficient (Wildman–Crippen LogP) is 3.02. The molecule has 3 rings (SSSR count). The van der Waals surface area contributed by atoms with Crippen LogP contribution in [0.15, 0.2) is 18.5 Å². The molecular formula is C17H22ClN5O. The Bertz CT molecular complexity index is 737. The van der Waals surface area contributed by atoms with Crippen LogP contribution >= 0.6 is 11.6 Å². The summed E-state index contributed by atoms with van der Waals surface area (Å²) in [6.07, 6.45) is 6.75. The molecule has 1 aliphatic rings. The lowest BCUT2D eigenvalue weighted by Gasteiger charge is -2.26. The number of piperidine rings is 1. The number of aryl methyl sites for hydroxylation is 1. The summed E-state index contributed by atoms with van der Waals surface area (Å²) < 4.78 is 1.83. The first-order valence-corrected chi connectivity index (χ1v) is 8.60. The van der Waals surface area contributed by atoms with E-state index in [9.17, 15) is 4.79 Å². The molecule has 1 amide bonds. The summed E-state index contributed by atoms with van der Waals surface area (Å²) in [6, 6.07) is 1.70. The van der Waals surface area contributed by atoms with Crippen LogP contribution in [-0.2, 0) is 13.6 Å². The Morgan fingerprint density at radius 1 is 1.29 bits per heavy atom. The number of nitrogens with one attached hydrogen (secondary N) is 1. The Morgan fingerprint density at radius 2 is 2.04 bits per heavy atom. The number of hydrogen-bond acceptors (Lipinski definition) is 4. The van der Waals surface area contributed by atoms with Gasteiger partial charge in [0.05, 0.1) is 16.8 Å². The summed E-state index contributed by atoms with van der Waals surface area (Å²) in [5, 5.41) is 7.88. The van der Waals surface area contributed by atoms with Gasteiger partial charge in [0.25, 0.3) is 5.91 Å². The molecule has 128 valence electrons. The number of aromatic nitrogens is 3. The molecule has 1 fully saturated rings. The van der Waals surface area contributed by atoms with Crippen LogP contribution < -0.4 is 5.32 Å². The maximum absolute atomic E-state index is 12.5. The van der Waals surface area contributed by atoms with Gasteiger partial charge in [-0.15, -0.1) is 0 Å². The smallest absolute Gasteiger partial charge is 0.255 e. The standard InChI is InChI=1S/C17H22ClN5O/c1-12-14(11-21-22(12)2)10-20-16-15(18)8-13(9-19-16)17(24)23-6-4-3-5-7-23/h8-9,11H,3-7,10H2,1-2H3,(H,19,20). The fourth-order valence-electron chi connectivity index (χ4n) is 2.86. The molecule has 1 N–H and O–H groups in total. The van der Waals surface area contributed by atoms with Gasteiger partial charge >= 0.3 is 0 Å². The van der Waals surface area contributed by atoms with Crippen molar-refractivity contribution in [2.24, 2.45) is 7.05 Å². The van der Waals surface area contributed by atoms with E-state index in [1.54, 1.807) is 12.3 Å². The third-order valence-corrected chi connectivity index (χ3v) is 4.80. The molecule has 0 unspecified atom stereocenters. The van der Waals surface area contributed by atoms with Crippen molar-refractivity contribution in [2.75, 3.05) is 18.4 Å². The molecule has 7 heteroatoms. The Labute approximate surface area is 146 Å². The van der Waals surface area contributed by atoms with Gasteiger partial charge in [-0.2, -0.15) is 5.10 Å². The lowest BCUT2D eigenvalue weighted by molar-refractivity contribution is 0.0724. The molecular weight excluding hydrogens is 326 g/mol. The highest BCUT2D eigenvalue weighted by Gasteiger charge is 2.19. The normalized spacial score (nSPS) is 14.7. The van der Waals surface area contributed by atoms with Crippen LogP contribution in [0.2, 0.25) is 5.02 Å². The van der Waals surface area contributed by atoms with Gasteiger partial charge in [-0.05, 0) is 32.3 Å². The first kappa shape index (κ1) is 16.8. The van der Waals surface area contributed by atoms with Crippen LogP contribution in [0, 0.1) is 6.92 Å². The minimum Gasteiger partial charge on any atom is -0.365 e. The maximum atomic E-state index is 12.5. The molecule has 3 heterocycles. The van der Waals surface area contributed by atoms with Gasteiger partial charge in [-0.1, -0.05) is 11.6 Å². The summed E-state index contributed by atoms with van der Waals surface area (Å²) in [7, 11) is 1.91. The van der Waals surface area contributed by atoms with E-state index in [2.05, 4.69) is 15.4 Å². The Hall–Kier alpha value is -2.08. The molecule has 0 aromatic carbocycles. The summed E-state index contributed by atoms with van der Waals surface area (Å²) >= 11 is 6.31. The summed E-state index contributed by atoms with van der Waals surface area (Å²) in [5.41, 5.74) is 2.73. The van der Waals surface area contributed by atoms with E-state index in [1.165, 1.54) is 6.42 Å². The number of anilines is 1. The third kappa shape index (κ3) is 3.53. The van der Waals surface area contributed by atoms with Crippen molar-refractivity contribution in [1.82, 2.24) is 19.7 Å². The number of rotatable bonds is 4. The number of halogens is 1. The number of hydrogen-bond donors (Lipinski definition) is 1. The first-order valence-electron chi connectivity index (χ1n) is 8.22. The van der Waals surface area contributed by atoms with Gasteiger partial charge in [-0.3, -0.25) is 9.48 Å². The van der Waals surface area contributed by atoms with Gasteiger partial charge in [-0.25, -0.2) is 4.98 Å². The van der Waals surface area contributed by atoms with E-state index in [0.29, 0.717) is 22.9 Å². The SMILES string of the molecule is Cc1c(CNc2ncc(C(=O)N3CCCCC3)cc2Cl)cnn1C. The zero-order valence-electron chi connectivity index (χ0n) is 14.0. The highest BCUT2D eigenvalue weighted by molar-refractivity contribution is 6.33. The second-order valence-electron chi connectivity index (χ2n) is 6.14. The lowest BCUT2D eigenvalue weighted by Crippen LogP contribution is -2.35. The first-order chi connectivity index (χ1) is 11.6. The Kier molecular flexibility index (Phi) is 5.04. The van der Waals surface area contributed by atoms with Crippen LogP contribution in [0.4, 0.5) is 5.82 Å². The monoisotopic (exact) mass is 347 g/mol. The molecule has 0 spiro atoms. The third-order valence-electron chi connectivity index (χ3n) is 4.51. The molecule has 0 saturated carbocycles. The van der Waals surface area contributed by atoms with Gasteiger partial charge < -0.3 is 10.2 Å². The minimum absolute atomic E-state index is 0.0127. The van der Waals surface area contributed by atoms with Gasteiger partial charge in [0, 0.05) is 44.1 Å². The quantitative estimate of drug-likeness (QED) is 0.923. The van der Waals surface area contributed by atoms with Crippen molar-refractivity contribution in [3.63, 3.8) is 0 Å². The van der Waals surface area contributed by atoms with E-state index in [4.69, 9.17) is 11.6 Å². The zero-order valence-corrected chi connectivity index (χ0v) is 14.8. The number of amides is 1. The summed E-state index contributed by atoms with van der Waals surface area (Å²) in [4.78, 5) is 18.7. The van der Waals surface area contributed by atoms with E-state index in [1.807, 2.05) is 29.7 Å².